The van der Waals surface area contributed by atoms with Crippen LogP contribution in [-0.2, 0) is 17.9 Å². The third-order valence-electron chi connectivity index (χ3n) is 4.87. The van der Waals surface area contributed by atoms with Crippen molar-refractivity contribution in [2.45, 2.75) is 57.0 Å². The standard InChI is InChI=1S/C18H25N5O5/c19-18-21-16-14(17(28)22-18)10(8-20-11-5-6-12(24)15(11)27)9-23(16)7-3-1-2-4-13(25)26/h5-6,9,11-12,15,20,24,27H,1-4,7-8H2,(H,25,26)(H3,19,21,22,28)/t11-,12-,15+/m0/s1. The Balaban J connectivity index is 1.75. The maximum absolute atomic E-state index is 12.4. The van der Waals surface area contributed by atoms with Gasteiger partial charge in [-0.1, -0.05) is 18.6 Å². The first kappa shape index (κ1) is 20.1. The van der Waals surface area contributed by atoms with Crippen molar-refractivity contribution in [2.24, 2.45) is 0 Å². The first-order valence-electron chi connectivity index (χ1n) is 9.24. The molecule has 0 saturated carbocycles. The number of aromatic nitrogens is 3. The molecular weight excluding hydrogens is 366 g/mol. The minimum Gasteiger partial charge on any atom is -0.481 e. The monoisotopic (exact) mass is 391 g/mol. The van der Waals surface area contributed by atoms with Gasteiger partial charge < -0.3 is 30.9 Å². The number of rotatable bonds is 9. The van der Waals surface area contributed by atoms with Gasteiger partial charge in [0.25, 0.3) is 5.56 Å². The van der Waals surface area contributed by atoms with Crippen LogP contribution in [0.5, 0.6) is 0 Å². The summed E-state index contributed by atoms with van der Waals surface area (Å²) >= 11 is 0. The second-order valence-electron chi connectivity index (χ2n) is 6.97. The molecule has 1 aliphatic rings. The van der Waals surface area contributed by atoms with Gasteiger partial charge in [-0.15, -0.1) is 0 Å². The number of carbonyl (C=O) groups is 1. The summed E-state index contributed by atoms with van der Waals surface area (Å²) in [4.78, 5) is 29.8. The quantitative estimate of drug-likeness (QED) is 0.250. The Hall–Kier alpha value is -2.69. The van der Waals surface area contributed by atoms with E-state index >= 15 is 0 Å². The molecule has 0 aromatic carbocycles. The zero-order valence-corrected chi connectivity index (χ0v) is 15.3. The lowest BCUT2D eigenvalue weighted by atomic mass is 10.1. The van der Waals surface area contributed by atoms with Crippen LogP contribution in [0.15, 0.2) is 23.1 Å². The highest BCUT2D eigenvalue weighted by Crippen LogP contribution is 2.19. The first-order valence-corrected chi connectivity index (χ1v) is 9.24. The maximum atomic E-state index is 12.4. The molecule has 3 rings (SSSR count). The molecule has 0 bridgehead atoms. The number of H-pyrrole nitrogens is 1. The van der Waals surface area contributed by atoms with Crippen molar-refractivity contribution in [2.75, 3.05) is 5.73 Å². The molecule has 0 saturated heterocycles. The molecule has 7 N–H and O–H groups in total. The van der Waals surface area contributed by atoms with Crippen LogP contribution in [0.25, 0.3) is 11.0 Å². The lowest BCUT2D eigenvalue weighted by molar-refractivity contribution is -0.137. The summed E-state index contributed by atoms with van der Waals surface area (Å²) in [5.41, 5.74) is 6.52. The average molecular weight is 391 g/mol. The number of anilines is 1. The number of aliphatic hydroxyl groups is 2. The molecule has 0 radical (unpaired) electrons. The van der Waals surface area contributed by atoms with Crippen LogP contribution >= 0.6 is 0 Å². The Morgan fingerprint density at radius 2 is 2.07 bits per heavy atom. The van der Waals surface area contributed by atoms with Crippen molar-refractivity contribution in [3.05, 3.63) is 34.3 Å². The van der Waals surface area contributed by atoms with E-state index in [0.717, 1.165) is 12.8 Å². The SMILES string of the molecule is Nc1nc2c(c(CN[C@H]3C=C[C@H](O)[C@@H]3O)cn2CCCCCC(=O)O)c(=O)[nH]1. The van der Waals surface area contributed by atoms with E-state index in [9.17, 15) is 19.8 Å². The number of hydrogen-bond donors (Lipinski definition) is 6. The number of carboxylic acid groups (broad SMARTS) is 1. The van der Waals surface area contributed by atoms with Crippen LogP contribution in [0, 0.1) is 0 Å². The largest absolute Gasteiger partial charge is 0.481 e. The van der Waals surface area contributed by atoms with E-state index in [1.807, 2.05) is 10.8 Å². The molecule has 0 unspecified atom stereocenters. The minimum atomic E-state index is -0.936. The van der Waals surface area contributed by atoms with Crippen molar-refractivity contribution < 1.29 is 20.1 Å². The van der Waals surface area contributed by atoms with Crippen molar-refractivity contribution in [1.29, 1.82) is 0 Å². The molecule has 0 aliphatic heterocycles. The summed E-state index contributed by atoms with van der Waals surface area (Å²) in [5.74, 6) is -0.784. The number of nitrogens with one attached hydrogen (secondary N) is 2. The van der Waals surface area contributed by atoms with Gasteiger partial charge in [-0.3, -0.25) is 14.6 Å². The molecule has 0 spiro atoms. The van der Waals surface area contributed by atoms with E-state index in [-0.39, 0.29) is 17.9 Å². The number of carboxylic acids is 1. The summed E-state index contributed by atoms with van der Waals surface area (Å²) in [7, 11) is 0. The lowest BCUT2D eigenvalue weighted by Crippen LogP contribution is -2.40. The van der Waals surface area contributed by atoms with Crippen LogP contribution in [0.1, 0.15) is 31.2 Å². The van der Waals surface area contributed by atoms with E-state index in [4.69, 9.17) is 10.8 Å². The molecule has 0 fully saturated rings. The lowest BCUT2D eigenvalue weighted by Gasteiger charge is -2.17. The second-order valence-corrected chi connectivity index (χ2v) is 6.97. The van der Waals surface area contributed by atoms with Crippen molar-refractivity contribution in [3.8, 4) is 0 Å². The van der Waals surface area contributed by atoms with Crippen molar-refractivity contribution >= 4 is 23.0 Å². The summed E-state index contributed by atoms with van der Waals surface area (Å²) in [6.45, 7) is 0.882. The number of nitrogen functional groups attached to an aromatic ring is 1. The number of aliphatic carboxylic acids is 1. The molecule has 2 aromatic heterocycles. The molecule has 2 heterocycles. The predicted molar refractivity (Wildman–Crippen MR) is 103 cm³/mol. The molecular formula is C18H25N5O5. The molecule has 0 amide bonds. The number of aliphatic hydroxyl groups excluding tert-OH is 2. The smallest absolute Gasteiger partial charge is 0.303 e. The van der Waals surface area contributed by atoms with Gasteiger partial charge in [0.2, 0.25) is 5.95 Å². The molecule has 3 atom stereocenters. The van der Waals surface area contributed by atoms with Crippen LogP contribution in [-0.4, -0.2) is 54.1 Å². The average Bonchev–Trinajstić information content (AvgIpc) is 3.13. The van der Waals surface area contributed by atoms with E-state index in [1.165, 1.54) is 6.08 Å². The third-order valence-corrected chi connectivity index (χ3v) is 4.87. The molecule has 2 aromatic rings. The zero-order chi connectivity index (χ0) is 20.3. The molecule has 28 heavy (non-hydrogen) atoms. The van der Waals surface area contributed by atoms with E-state index in [2.05, 4.69) is 15.3 Å². The number of aromatic amines is 1. The van der Waals surface area contributed by atoms with Crippen LogP contribution in [0.4, 0.5) is 5.95 Å². The van der Waals surface area contributed by atoms with Gasteiger partial charge in [0.05, 0.1) is 17.5 Å². The first-order chi connectivity index (χ1) is 13.4. The van der Waals surface area contributed by atoms with Gasteiger partial charge >= 0.3 is 5.97 Å². The summed E-state index contributed by atoms with van der Waals surface area (Å²) in [6.07, 6.45) is 5.41. The summed E-state index contributed by atoms with van der Waals surface area (Å²) in [6, 6.07) is -0.412. The molecule has 152 valence electrons. The molecule has 1 aliphatic carbocycles. The molecule has 10 nitrogen and oxygen atoms in total. The topological polar surface area (TPSA) is 166 Å². The van der Waals surface area contributed by atoms with Gasteiger partial charge in [-0.05, 0) is 18.4 Å². The fraction of sp³-hybridized carbons (Fsp3) is 0.500. The molecule has 10 heteroatoms. The van der Waals surface area contributed by atoms with Crippen molar-refractivity contribution in [3.63, 3.8) is 0 Å². The highest BCUT2D eigenvalue weighted by molar-refractivity contribution is 5.80. The van der Waals surface area contributed by atoms with Crippen LogP contribution < -0.4 is 16.6 Å². The Bertz CT molecular complexity index is 934. The number of fused-ring (bicyclic) bond motifs is 1. The fourth-order valence-corrected chi connectivity index (χ4v) is 3.42. The normalized spacial score (nSPS) is 21.6. The summed E-state index contributed by atoms with van der Waals surface area (Å²) < 4.78 is 1.84. The Morgan fingerprint density at radius 1 is 1.29 bits per heavy atom. The van der Waals surface area contributed by atoms with Gasteiger partial charge in [0.1, 0.15) is 11.8 Å². The second kappa shape index (κ2) is 8.55. The van der Waals surface area contributed by atoms with Crippen LogP contribution in [0.3, 0.4) is 0 Å². The predicted octanol–water partition coefficient (Wildman–Crippen LogP) is -0.298. The number of nitrogens with zero attached hydrogens (tertiary/aromatic N) is 2. The number of nitrogens with two attached hydrogens (primary N) is 1. The summed E-state index contributed by atoms with van der Waals surface area (Å²) in [5, 5.41) is 31.8. The fourth-order valence-electron chi connectivity index (χ4n) is 3.42. The highest BCUT2D eigenvalue weighted by Gasteiger charge is 2.28. The van der Waals surface area contributed by atoms with Crippen LogP contribution in [0.2, 0.25) is 0 Å². The minimum absolute atomic E-state index is 0.0273. The number of hydrogen-bond acceptors (Lipinski definition) is 7. The Kier molecular flexibility index (Phi) is 6.12. The van der Waals surface area contributed by atoms with Gasteiger partial charge in [-0.25, -0.2) is 0 Å². The van der Waals surface area contributed by atoms with Gasteiger partial charge in [0.15, 0.2) is 0 Å². The Morgan fingerprint density at radius 3 is 2.75 bits per heavy atom. The maximum Gasteiger partial charge on any atom is 0.303 e. The van der Waals surface area contributed by atoms with E-state index in [0.29, 0.717) is 36.1 Å². The van der Waals surface area contributed by atoms with Crippen molar-refractivity contribution in [1.82, 2.24) is 19.9 Å². The highest BCUT2D eigenvalue weighted by atomic mass is 16.4. The number of unbranched alkanes of at least 4 members (excludes halogenated alkanes) is 2. The third kappa shape index (κ3) is 4.41. The van der Waals surface area contributed by atoms with E-state index < -0.39 is 24.2 Å². The van der Waals surface area contributed by atoms with Gasteiger partial charge in [0, 0.05) is 25.7 Å². The Labute approximate surface area is 160 Å². The van der Waals surface area contributed by atoms with Gasteiger partial charge in [-0.2, -0.15) is 4.98 Å². The zero-order valence-electron chi connectivity index (χ0n) is 15.3. The number of aryl methyl sites for hydroxylation is 1. The van der Waals surface area contributed by atoms with E-state index in [1.54, 1.807) is 6.08 Å².